The van der Waals surface area contributed by atoms with E-state index in [2.05, 4.69) is 9.97 Å². The molecule has 0 radical (unpaired) electrons. The Bertz CT molecular complexity index is 689. The lowest BCUT2D eigenvalue weighted by molar-refractivity contribution is -0.116. The molecule has 6 heteroatoms. The van der Waals surface area contributed by atoms with Crippen molar-refractivity contribution in [3.05, 3.63) is 48.0 Å². The highest BCUT2D eigenvalue weighted by Gasteiger charge is 2.18. The fraction of sp³-hybridized carbons (Fsp3) is 0.333. The van der Waals surface area contributed by atoms with Gasteiger partial charge in [0.15, 0.2) is 9.84 Å². The van der Waals surface area contributed by atoms with Gasteiger partial charge in [0.1, 0.15) is 11.5 Å². The molecule has 0 atom stereocenters. The summed E-state index contributed by atoms with van der Waals surface area (Å²) in [6.45, 7) is 1.89. The van der Waals surface area contributed by atoms with E-state index >= 15 is 0 Å². The fourth-order valence-electron chi connectivity index (χ4n) is 2.01. The molecule has 0 aliphatic rings. The lowest BCUT2D eigenvalue weighted by Gasteiger charge is -2.04. The molecule has 1 heterocycles. The van der Waals surface area contributed by atoms with Crippen LogP contribution in [0.1, 0.15) is 24.1 Å². The third-order valence-corrected chi connectivity index (χ3v) is 4.88. The molecule has 0 spiro atoms. The molecule has 21 heavy (non-hydrogen) atoms. The number of carbonyl (C=O) groups excluding carboxylic acids is 1. The predicted octanol–water partition coefficient (Wildman–Crippen LogP) is 2.08. The molecule has 0 saturated carbocycles. The Morgan fingerprint density at radius 1 is 1.24 bits per heavy atom. The van der Waals surface area contributed by atoms with Gasteiger partial charge in [0.25, 0.3) is 0 Å². The number of benzene rings is 1. The number of nitrogens with zero attached hydrogens (tertiary/aromatic N) is 1. The summed E-state index contributed by atoms with van der Waals surface area (Å²) in [5.41, 5.74) is 1.93. The van der Waals surface area contributed by atoms with Crippen LogP contribution in [0.15, 0.2) is 41.7 Å². The summed E-state index contributed by atoms with van der Waals surface area (Å²) in [6.07, 6.45) is 4.84. The summed E-state index contributed by atoms with van der Waals surface area (Å²) in [4.78, 5) is 18.9. The van der Waals surface area contributed by atoms with E-state index in [1.807, 2.05) is 6.92 Å². The number of aromatic nitrogens is 2. The molecular weight excluding hydrogens is 288 g/mol. The number of aryl methyl sites for hydroxylation is 2. The molecule has 2 aromatic rings. The van der Waals surface area contributed by atoms with Gasteiger partial charge in [0, 0.05) is 18.3 Å². The summed E-state index contributed by atoms with van der Waals surface area (Å²) >= 11 is 0. The van der Waals surface area contributed by atoms with E-state index in [0.717, 1.165) is 11.3 Å². The van der Waals surface area contributed by atoms with Crippen LogP contribution < -0.4 is 0 Å². The zero-order valence-corrected chi connectivity index (χ0v) is 12.7. The maximum atomic E-state index is 12.1. The maximum absolute atomic E-state index is 12.1. The smallest absolute Gasteiger partial charge is 0.185 e. The zero-order valence-electron chi connectivity index (χ0n) is 11.9. The van der Waals surface area contributed by atoms with Gasteiger partial charge in [0.05, 0.1) is 11.2 Å². The predicted molar refractivity (Wildman–Crippen MR) is 79.8 cm³/mol. The second kappa shape index (κ2) is 6.67. The molecule has 0 saturated heterocycles. The van der Waals surface area contributed by atoms with Crippen LogP contribution in [-0.4, -0.2) is 29.9 Å². The average Bonchev–Trinajstić information content (AvgIpc) is 2.92. The Balaban J connectivity index is 1.87. The lowest BCUT2D eigenvalue weighted by Crippen LogP contribution is -2.16. The number of carbonyl (C=O) groups is 1. The molecule has 1 aromatic carbocycles. The van der Waals surface area contributed by atoms with Crippen LogP contribution in [0.2, 0.25) is 0 Å². The van der Waals surface area contributed by atoms with Crippen LogP contribution in [0.5, 0.6) is 0 Å². The zero-order chi connectivity index (χ0) is 15.3. The number of rotatable bonds is 7. The first-order valence-corrected chi connectivity index (χ1v) is 8.41. The number of Topliss-reactive ketones (excluding diaryl/α,β-unsaturated/α-hetero) is 1. The molecule has 0 aliphatic heterocycles. The van der Waals surface area contributed by atoms with Crippen LogP contribution in [0.4, 0.5) is 0 Å². The van der Waals surface area contributed by atoms with Gasteiger partial charge < -0.3 is 4.98 Å². The molecule has 0 bridgehead atoms. The topological polar surface area (TPSA) is 79.9 Å². The van der Waals surface area contributed by atoms with Gasteiger partial charge in [-0.25, -0.2) is 13.4 Å². The maximum Gasteiger partial charge on any atom is 0.185 e. The van der Waals surface area contributed by atoms with E-state index in [1.165, 1.54) is 0 Å². The molecule has 1 N–H and O–H groups in total. The van der Waals surface area contributed by atoms with Crippen LogP contribution in [0, 0.1) is 6.92 Å². The average molecular weight is 306 g/mol. The van der Waals surface area contributed by atoms with Gasteiger partial charge in [-0.05, 0) is 31.9 Å². The molecule has 1 aromatic heterocycles. The van der Waals surface area contributed by atoms with Crippen molar-refractivity contribution in [1.82, 2.24) is 9.97 Å². The summed E-state index contributed by atoms with van der Waals surface area (Å²) < 4.78 is 24.2. The van der Waals surface area contributed by atoms with Crippen molar-refractivity contribution in [3.63, 3.8) is 0 Å². The quantitative estimate of drug-likeness (QED) is 0.849. The number of imidazole rings is 1. The summed E-state index contributed by atoms with van der Waals surface area (Å²) in [5, 5.41) is 0. The monoisotopic (exact) mass is 306 g/mol. The number of aromatic amines is 1. The van der Waals surface area contributed by atoms with E-state index in [9.17, 15) is 13.2 Å². The highest BCUT2D eigenvalue weighted by atomic mass is 32.2. The Morgan fingerprint density at radius 2 is 1.95 bits per heavy atom. The van der Waals surface area contributed by atoms with Gasteiger partial charge in [-0.1, -0.05) is 17.7 Å². The van der Waals surface area contributed by atoms with Crippen molar-refractivity contribution in [2.24, 2.45) is 0 Å². The summed E-state index contributed by atoms with van der Waals surface area (Å²) in [6, 6.07) is 6.55. The third kappa shape index (κ3) is 4.53. The van der Waals surface area contributed by atoms with Gasteiger partial charge in [-0.3, -0.25) is 4.79 Å². The number of H-pyrrole nitrogens is 1. The minimum absolute atomic E-state index is 0.204. The Morgan fingerprint density at radius 3 is 2.57 bits per heavy atom. The molecular formula is C15H18N2O3S. The Kier molecular flexibility index (Phi) is 4.90. The summed E-state index contributed by atoms with van der Waals surface area (Å²) in [5.74, 6) is -0.686. The van der Waals surface area contributed by atoms with Gasteiger partial charge in [0.2, 0.25) is 0 Å². The molecule has 112 valence electrons. The van der Waals surface area contributed by atoms with Gasteiger partial charge in [-0.15, -0.1) is 0 Å². The molecule has 0 aliphatic carbocycles. The van der Waals surface area contributed by atoms with Crippen molar-refractivity contribution < 1.29 is 13.2 Å². The highest BCUT2D eigenvalue weighted by molar-refractivity contribution is 7.92. The van der Waals surface area contributed by atoms with Crippen molar-refractivity contribution >= 4 is 15.6 Å². The Labute approximate surface area is 124 Å². The van der Waals surface area contributed by atoms with E-state index in [0.29, 0.717) is 12.8 Å². The number of sulfone groups is 1. The number of hydrogen-bond acceptors (Lipinski definition) is 4. The minimum Gasteiger partial charge on any atom is -0.348 e. The molecule has 0 fully saturated rings. The SMILES string of the molecule is Cc1ccc(S(=O)(=O)CC(=O)CCCc2cnc[nH]2)cc1. The second-order valence-electron chi connectivity index (χ2n) is 5.04. The van der Waals surface area contributed by atoms with E-state index in [1.54, 1.807) is 36.8 Å². The van der Waals surface area contributed by atoms with Crippen LogP contribution >= 0.6 is 0 Å². The minimum atomic E-state index is -3.53. The first-order valence-electron chi connectivity index (χ1n) is 6.76. The van der Waals surface area contributed by atoms with Gasteiger partial charge >= 0.3 is 0 Å². The van der Waals surface area contributed by atoms with E-state index in [4.69, 9.17) is 0 Å². The Hall–Kier alpha value is -1.95. The second-order valence-corrected chi connectivity index (χ2v) is 7.03. The third-order valence-electron chi connectivity index (χ3n) is 3.19. The first kappa shape index (κ1) is 15.4. The van der Waals surface area contributed by atoms with Crippen LogP contribution in [0.25, 0.3) is 0 Å². The number of ketones is 1. The van der Waals surface area contributed by atoms with E-state index < -0.39 is 15.6 Å². The number of nitrogens with one attached hydrogen (secondary N) is 1. The van der Waals surface area contributed by atoms with Crippen molar-refractivity contribution in [2.45, 2.75) is 31.1 Å². The molecule has 2 rings (SSSR count). The molecule has 5 nitrogen and oxygen atoms in total. The van der Waals surface area contributed by atoms with Crippen LogP contribution in [0.3, 0.4) is 0 Å². The standard InChI is InChI=1S/C15H18N2O3S/c1-12-5-7-15(8-6-12)21(19,20)10-14(18)4-2-3-13-9-16-11-17-13/h5-9,11H,2-4,10H2,1H3,(H,16,17). The van der Waals surface area contributed by atoms with Crippen LogP contribution in [-0.2, 0) is 21.1 Å². The van der Waals surface area contributed by atoms with Gasteiger partial charge in [-0.2, -0.15) is 0 Å². The largest absolute Gasteiger partial charge is 0.348 e. The van der Waals surface area contributed by atoms with Crippen molar-refractivity contribution in [2.75, 3.05) is 5.75 Å². The van der Waals surface area contributed by atoms with E-state index in [-0.39, 0.29) is 17.1 Å². The first-order chi connectivity index (χ1) is 9.97. The molecule has 0 unspecified atom stereocenters. The van der Waals surface area contributed by atoms with Crippen molar-refractivity contribution in [3.8, 4) is 0 Å². The summed E-state index contributed by atoms with van der Waals surface area (Å²) in [7, 11) is -3.53. The number of hydrogen-bond donors (Lipinski definition) is 1. The van der Waals surface area contributed by atoms with Crippen molar-refractivity contribution in [1.29, 1.82) is 0 Å². The lowest BCUT2D eigenvalue weighted by atomic mass is 10.1. The fourth-order valence-corrected chi connectivity index (χ4v) is 3.30. The normalized spacial score (nSPS) is 11.5. The highest BCUT2D eigenvalue weighted by Crippen LogP contribution is 2.13. The molecule has 0 amide bonds.